The number of nitrogens with zero attached hydrogens (tertiary/aromatic N) is 2. The molecule has 0 unspecified atom stereocenters. The minimum absolute atomic E-state index is 0.159. The fourth-order valence-corrected chi connectivity index (χ4v) is 3.90. The van der Waals surface area contributed by atoms with Gasteiger partial charge in [0.25, 0.3) is 0 Å². The van der Waals surface area contributed by atoms with Crippen LogP contribution in [-0.4, -0.2) is 69.8 Å². The van der Waals surface area contributed by atoms with Crippen LogP contribution >= 0.6 is 0 Å². The minimum Gasteiger partial charge on any atom is -0.493 e. The average Bonchev–Trinajstić information content (AvgIpc) is 3.16. The Morgan fingerprint density at radius 2 is 1.79 bits per heavy atom. The monoisotopic (exact) mass is 334 g/mol. The molecule has 0 radical (unpaired) electrons. The van der Waals surface area contributed by atoms with E-state index in [-0.39, 0.29) is 5.91 Å². The van der Waals surface area contributed by atoms with E-state index >= 15 is 0 Å². The van der Waals surface area contributed by atoms with Crippen LogP contribution in [0.4, 0.5) is 0 Å². The quantitative estimate of drug-likeness (QED) is 0.815. The van der Waals surface area contributed by atoms with E-state index in [4.69, 9.17) is 14.2 Å². The van der Waals surface area contributed by atoms with Crippen molar-refractivity contribution in [3.8, 4) is 17.2 Å². The van der Waals surface area contributed by atoms with Crippen LogP contribution in [0.15, 0.2) is 12.1 Å². The highest BCUT2D eigenvalue weighted by molar-refractivity contribution is 5.79. The highest BCUT2D eigenvalue weighted by atomic mass is 16.5. The summed E-state index contributed by atoms with van der Waals surface area (Å²) >= 11 is 0. The van der Waals surface area contributed by atoms with E-state index < -0.39 is 0 Å². The molecule has 3 rings (SSSR count). The predicted octanol–water partition coefficient (Wildman–Crippen LogP) is 1.42. The van der Waals surface area contributed by atoms with Gasteiger partial charge in [0, 0.05) is 19.1 Å². The van der Waals surface area contributed by atoms with Crippen molar-refractivity contribution >= 4 is 5.91 Å². The molecule has 0 N–H and O–H groups in total. The number of carbonyl (C=O) groups excluding carboxylic acids is 1. The fourth-order valence-electron chi connectivity index (χ4n) is 3.90. The molecule has 2 saturated heterocycles. The summed E-state index contributed by atoms with van der Waals surface area (Å²) in [7, 11) is 6.89. The van der Waals surface area contributed by atoms with E-state index in [9.17, 15) is 4.79 Å². The second kappa shape index (κ2) is 6.89. The molecule has 0 bridgehead atoms. The topological polar surface area (TPSA) is 51.2 Å². The summed E-state index contributed by atoms with van der Waals surface area (Å²) < 4.78 is 16.1. The van der Waals surface area contributed by atoms with E-state index in [1.807, 2.05) is 17.0 Å². The van der Waals surface area contributed by atoms with Crippen molar-refractivity contribution in [1.82, 2.24) is 9.80 Å². The lowest BCUT2D eigenvalue weighted by atomic mass is 10.1. The number of methoxy groups -OCH3 is 3. The maximum Gasteiger partial charge on any atom is 0.227 e. The molecule has 1 aromatic rings. The van der Waals surface area contributed by atoms with Crippen LogP contribution in [0, 0.1) is 5.92 Å². The largest absolute Gasteiger partial charge is 0.493 e. The number of likely N-dealkylation sites (N-methyl/N-ethyl adjacent to an activating group) is 1. The van der Waals surface area contributed by atoms with Gasteiger partial charge in [0.1, 0.15) is 0 Å². The molecule has 0 spiro atoms. The molecule has 132 valence electrons. The normalized spacial score (nSPS) is 23.2. The number of benzene rings is 1. The summed E-state index contributed by atoms with van der Waals surface area (Å²) in [4.78, 5) is 17.1. The van der Waals surface area contributed by atoms with E-state index in [2.05, 4.69) is 11.9 Å². The fraction of sp³-hybridized carbons (Fsp3) is 0.611. The molecule has 1 amide bonds. The van der Waals surface area contributed by atoms with Crippen molar-refractivity contribution in [2.45, 2.75) is 18.9 Å². The summed E-state index contributed by atoms with van der Waals surface area (Å²) in [6.07, 6.45) is 1.54. The van der Waals surface area contributed by atoms with Gasteiger partial charge in [-0.1, -0.05) is 0 Å². The zero-order valence-corrected chi connectivity index (χ0v) is 14.9. The molecule has 0 aliphatic carbocycles. The van der Waals surface area contributed by atoms with Crippen LogP contribution in [0.5, 0.6) is 17.2 Å². The van der Waals surface area contributed by atoms with Gasteiger partial charge in [-0.25, -0.2) is 0 Å². The number of likely N-dealkylation sites (tertiary alicyclic amines) is 2. The summed E-state index contributed by atoms with van der Waals surface area (Å²) in [5.74, 6) is 2.50. The third kappa shape index (κ3) is 3.02. The molecule has 0 aromatic heterocycles. The van der Waals surface area contributed by atoms with Crippen LogP contribution in [0.25, 0.3) is 0 Å². The zero-order chi connectivity index (χ0) is 17.3. The number of carbonyl (C=O) groups is 1. The summed E-state index contributed by atoms with van der Waals surface area (Å²) in [5, 5.41) is 0. The Labute approximate surface area is 143 Å². The van der Waals surface area contributed by atoms with Crippen LogP contribution in [-0.2, 0) is 11.2 Å². The molecule has 2 heterocycles. The first-order valence-corrected chi connectivity index (χ1v) is 8.34. The smallest absolute Gasteiger partial charge is 0.227 e. The van der Waals surface area contributed by atoms with Gasteiger partial charge < -0.3 is 24.0 Å². The molecule has 6 nitrogen and oxygen atoms in total. The maximum atomic E-state index is 12.7. The zero-order valence-electron chi connectivity index (χ0n) is 14.9. The SMILES string of the molecule is COc1cc(CC(=O)N2C[C@@H]3CCN(C)[C@@H]3C2)cc(OC)c1OC. The van der Waals surface area contributed by atoms with E-state index in [0.29, 0.717) is 35.6 Å². The van der Waals surface area contributed by atoms with E-state index in [1.54, 1.807) is 21.3 Å². The third-order valence-electron chi connectivity index (χ3n) is 5.26. The van der Waals surface area contributed by atoms with E-state index in [0.717, 1.165) is 25.2 Å². The van der Waals surface area contributed by atoms with Crippen LogP contribution < -0.4 is 14.2 Å². The molecule has 2 aliphatic heterocycles. The molecule has 6 heteroatoms. The first kappa shape index (κ1) is 16.9. The van der Waals surface area contributed by atoms with Gasteiger partial charge in [0.2, 0.25) is 11.7 Å². The lowest BCUT2D eigenvalue weighted by Gasteiger charge is -2.21. The molecule has 2 atom stereocenters. The van der Waals surface area contributed by atoms with Gasteiger partial charge in [-0.05, 0) is 43.6 Å². The Hall–Kier alpha value is -1.95. The molecule has 0 saturated carbocycles. The predicted molar refractivity (Wildman–Crippen MR) is 90.9 cm³/mol. The van der Waals surface area contributed by atoms with Crippen molar-refractivity contribution in [3.05, 3.63) is 17.7 Å². The number of hydrogen-bond donors (Lipinski definition) is 0. The number of ether oxygens (including phenoxy) is 3. The number of rotatable bonds is 5. The second-order valence-corrected chi connectivity index (χ2v) is 6.61. The number of fused-ring (bicyclic) bond motifs is 1. The Morgan fingerprint density at radius 3 is 2.33 bits per heavy atom. The van der Waals surface area contributed by atoms with Crippen LogP contribution in [0.1, 0.15) is 12.0 Å². The molecular weight excluding hydrogens is 308 g/mol. The first-order valence-electron chi connectivity index (χ1n) is 8.34. The van der Waals surface area contributed by atoms with Gasteiger partial charge >= 0.3 is 0 Å². The standard InChI is InChI=1S/C18H26N2O4/c1-19-6-5-13-10-20(11-14(13)19)17(21)9-12-7-15(22-2)18(24-4)16(8-12)23-3/h7-8,13-14H,5-6,9-11H2,1-4H3/t13-,14+/m0/s1. The molecular formula is C18H26N2O4. The molecule has 1 aromatic carbocycles. The number of hydrogen-bond acceptors (Lipinski definition) is 5. The van der Waals surface area contributed by atoms with Gasteiger partial charge in [-0.15, -0.1) is 0 Å². The maximum absolute atomic E-state index is 12.7. The van der Waals surface area contributed by atoms with Crippen molar-refractivity contribution in [3.63, 3.8) is 0 Å². The molecule has 2 aliphatic rings. The summed E-state index contributed by atoms with van der Waals surface area (Å²) in [5.41, 5.74) is 0.875. The van der Waals surface area contributed by atoms with Crippen molar-refractivity contribution in [2.24, 2.45) is 5.92 Å². The van der Waals surface area contributed by atoms with E-state index in [1.165, 1.54) is 6.42 Å². The molecule has 2 fully saturated rings. The van der Waals surface area contributed by atoms with Crippen molar-refractivity contribution in [2.75, 3.05) is 48.0 Å². The lowest BCUT2D eigenvalue weighted by Crippen LogP contribution is -2.35. The summed E-state index contributed by atoms with van der Waals surface area (Å²) in [6, 6.07) is 4.22. The van der Waals surface area contributed by atoms with Gasteiger partial charge in [0.05, 0.1) is 27.8 Å². The van der Waals surface area contributed by atoms with Gasteiger partial charge in [-0.3, -0.25) is 4.79 Å². The van der Waals surface area contributed by atoms with Crippen LogP contribution in [0.2, 0.25) is 0 Å². The Kier molecular flexibility index (Phi) is 4.85. The highest BCUT2D eigenvalue weighted by Crippen LogP contribution is 2.38. The average molecular weight is 334 g/mol. The highest BCUT2D eigenvalue weighted by Gasteiger charge is 2.41. The van der Waals surface area contributed by atoms with Crippen molar-refractivity contribution < 1.29 is 19.0 Å². The second-order valence-electron chi connectivity index (χ2n) is 6.61. The lowest BCUT2D eigenvalue weighted by molar-refractivity contribution is -0.129. The third-order valence-corrected chi connectivity index (χ3v) is 5.26. The van der Waals surface area contributed by atoms with Gasteiger partial charge in [0.15, 0.2) is 11.5 Å². The summed E-state index contributed by atoms with van der Waals surface area (Å²) in [6.45, 7) is 2.85. The number of amides is 1. The first-order chi connectivity index (χ1) is 11.6. The minimum atomic E-state index is 0.159. The van der Waals surface area contributed by atoms with Crippen molar-refractivity contribution in [1.29, 1.82) is 0 Å². The Balaban J connectivity index is 1.73. The van der Waals surface area contributed by atoms with Crippen LogP contribution in [0.3, 0.4) is 0 Å². The Morgan fingerprint density at radius 1 is 1.12 bits per heavy atom. The molecule has 24 heavy (non-hydrogen) atoms. The Bertz CT molecular complexity index is 594. The van der Waals surface area contributed by atoms with Gasteiger partial charge in [-0.2, -0.15) is 0 Å².